The fraction of sp³-hybridized carbons (Fsp3) is 0.360. The summed E-state index contributed by atoms with van der Waals surface area (Å²) in [5.41, 5.74) is 3.93. The van der Waals surface area contributed by atoms with Crippen LogP contribution in [0.3, 0.4) is 0 Å². The molecule has 32 heavy (non-hydrogen) atoms. The number of anilines is 1. The van der Waals surface area contributed by atoms with Crippen LogP contribution in [0.5, 0.6) is 0 Å². The van der Waals surface area contributed by atoms with Crippen molar-refractivity contribution < 1.29 is 4.79 Å². The Morgan fingerprint density at radius 1 is 0.969 bits per heavy atom. The van der Waals surface area contributed by atoms with Crippen molar-refractivity contribution in [1.82, 2.24) is 24.5 Å². The number of nitrogens with zero attached hydrogens (tertiary/aromatic N) is 6. The molecule has 2 fully saturated rings. The van der Waals surface area contributed by atoms with Crippen molar-refractivity contribution in [3.63, 3.8) is 0 Å². The zero-order valence-corrected chi connectivity index (χ0v) is 18.2. The van der Waals surface area contributed by atoms with Crippen molar-refractivity contribution in [2.24, 2.45) is 5.92 Å². The van der Waals surface area contributed by atoms with E-state index >= 15 is 0 Å². The van der Waals surface area contributed by atoms with Crippen molar-refractivity contribution in [3.8, 4) is 11.4 Å². The summed E-state index contributed by atoms with van der Waals surface area (Å²) in [4.78, 5) is 22.1. The summed E-state index contributed by atoms with van der Waals surface area (Å²) in [6, 6.07) is 16.4. The Labute approximate surface area is 186 Å². The van der Waals surface area contributed by atoms with Crippen molar-refractivity contribution in [2.75, 3.05) is 31.1 Å². The molecular weight excluding hydrogens is 400 g/mol. The maximum Gasteiger partial charge on any atom is 0.225 e. The molecule has 2 aliphatic rings. The third-order valence-electron chi connectivity index (χ3n) is 6.52. The van der Waals surface area contributed by atoms with Gasteiger partial charge in [0.1, 0.15) is 0 Å². The molecule has 2 aromatic heterocycles. The van der Waals surface area contributed by atoms with E-state index in [0.29, 0.717) is 5.91 Å². The summed E-state index contributed by atoms with van der Waals surface area (Å²) in [5.74, 6) is 2.24. The van der Waals surface area contributed by atoms with Crippen molar-refractivity contribution in [2.45, 2.75) is 26.2 Å². The third kappa shape index (κ3) is 3.28. The Morgan fingerprint density at radius 2 is 1.84 bits per heavy atom. The molecule has 0 unspecified atom stereocenters. The smallest absolute Gasteiger partial charge is 0.225 e. The van der Waals surface area contributed by atoms with E-state index in [4.69, 9.17) is 4.98 Å². The van der Waals surface area contributed by atoms with Crippen LogP contribution in [0, 0.1) is 12.8 Å². The molecule has 0 radical (unpaired) electrons. The van der Waals surface area contributed by atoms with E-state index in [1.54, 1.807) is 0 Å². The number of carbonyl (C=O) groups excluding carboxylic acids is 1. The number of rotatable bonds is 3. The maximum absolute atomic E-state index is 12.6. The lowest BCUT2D eigenvalue weighted by Gasteiger charge is -2.24. The lowest BCUT2D eigenvalue weighted by molar-refractivity contribution is -0.132. The van der Waals surface area contributed by atoms with Crippen LogP contribution >= 0.6 is 0 Å². The largest absolute Gasteiger partial charge is 0.341 e. The van der Waals surface area contributed by atoms with Crippen LogP contribution in [0.2, 0.25) is 0 Å². The van der Waals surface area contributed by atoms with E-state index < -0.39 is 0 Å². The molecular formula is C25H26N6O. The first-order chi connectivity index (χ1) is 15.7. The summed E-state index contributed by atoms with van der Waals surface area (Å²) in [7, 11) is 0. The van der Waals surface area contributed by atoms with Gasteiger partial charge >= 0.3 is 0 Å². The zero-order chi connectivity index (χ0) is 21.7. The molecule has 1 saturated carbocycles. The summed E-state index contributed by atoms with van der Waals surface area (Å²) >= 11 is 0. The molecule has 2 aromatic carbocycles. The van der Waals surface area contributed by atoms with Gasteiger partial charge in [-0.3, -0.25) is 4.79 Å². The number of carbonyl (C=O) groups is 1. The zero-order valence-electron chi connectivity index (χ0n) is 18.2. The molecule has 0 bridgehead atoms. The molecule has 0 spiro atoms. The molecule has 6 rings (SSSR count). The minimum atomic E-state index is 0.262. The Bertz CT molecular complexity index is 1320. The summed E-state index contributed by atoms with van der Waals surface area (Å²) < 4.78 is 2.09. The van der Waals surface area contributed by atoms with Crippen LogP contribution in [-0.4, -0.2) is 56.6 Å². The highest BCUT2D eigenvalue weighted by Gasteiger charge is 2.34. The monoisotopic (exact) mass is 426 g/mol. The Hall–Kier alpha value is -3.48. The fourth-order valence-corrected chi connectivity index (χ4v) is 4.68. The lowest BCUT2D eigenvalue weighted by atomic mass is 10.1. The molecule has 162 valence electrons. The second-order valence-corrected chi connectivity index (χ2v) is 8.92. The lowest BCUT2D eigenvalue weighted by Crippen LogP contribution is -2.36. The van der Waals surface area contributed by atoms with Crippen LogP contribution < -0.4 is 4.90 Å². The van der Waals surface area contributed by atoms with Gasteiger partial charge in [-0.25, -0.2) is 9.38 Å². The van der Waals surface area contributed by atoms with Gasteiger partial charge in [-0.05, 0) is 44.4 Å². The van der Waals surface area contributed by atoms with Gasteiger partial charge in [-0.2, -0.15) is 0 Å². The number of aryl methyl sites for hydroxylation is 1. The predicted molar refractivity (Wildman–Crippen MR) is 125 cm³/mol. The number of hydrogen-bond donors (Lipinski definition) is 0. The van der Waals surface area contributed by atoms with Gasteiger partial charge in [0.15, 0.2) is 11.5 Å². The number of hydrogen-bond acceptors (Lipinski definition) is 5. The van der Waals surface area contributed by atoms with Crippen molar-refractivity contribution in [1.29, 1.82) is 0 Å². The standard InChI is InChI=1S/C25H26N6O/c1-17-6-4-7-19(16-17)22-27-28-23-20-8-2-3-9-21(20)26-25(31(22)23)30-13-5-12-29(14-15-30)24(32)18-10-11-18/h2-4,6-9,16,18H,5,10-15H2,1H3. The van der Waals surface area contributed by atoms with Gasteiger partial charge in [0.25, 0.3) is 0 Å². The molecule has 1 aliphatic carbocycles. The first kappa shape index (κ1) is 19.2. The van der Waals surface area contributed by atoms with E-state index in [-0.39, 0.29) is 5.92 Å². The molecule has 1 aliphatic heterocycles. The molecule has 4 aromatic rings. The van der Waals surface area contributed by atoms with E-state index in [2.05, 4.69) is 50.7 Å². The van der Waals surface area contributed by atoms with Gasteiger partial charge in [0.2, 0.25) is 11.9 Å². The van der Waals surface area contributed by atoms with E-state index in [1.165, 1.54) is 5.56 Å². The van der Waals surface area contributed by atoms with Gasteiger partial charge in [0.05, 0.1) is 5.52 Å². The van der Waals surface area contributed by atoms with Crippen LogP contribution in [0.4, 0.5) is 5.95 Å². The van der Waals surface area contributed by atoms with Crippen molar-refractivity contribution in [3.05, 3.63) is 54.1 Å². The van der Waals surface area contributed by atoms with Gasteiger partial charge < -0.3 is 9.80 Å². The average molecular weight is 427 g/mol. The quantitative estimate of drug-likeness (QED) is 0.500. The number of amides is 1. The molecule has 0 atom stereocenters. The highest BCUT2D eigenvalue weighted by molar-refractivity contribution is 5.93. The Kier molecular flexibility index (Phi) is 4.56. The molecule has 0 N–H and O–H groups in total. The van der Waals surface area contributed by atoms with E-state index in [1.807, 2.05) is 29.2 Å². The van der Waals surface area contributed by atoms with Crippen LogP contribution in [0.25, 0.3) is 27.9 Å². The molecule has 7 heteroatoms. The predicted octanol–water partition coefficient (Wildman–Crippen LogP) is 3.70. The van der Waals surface area contributed by atoms with Gasteiger partial charge in [-0.1, -0.05) is 35.9 Å². The molecule has 1 saturated heterocycles. The van der Waals surface area contributed by atoms with Crippen LogP contribution in [0.15, 0.2) is 48.5 Å². The van der Waals surface area contributed by atoms with Gasteiger partial charge in [0, 0.05) is 43.0 Å². The minimum absolute atomic E-state index is 0.262. The topological polar surface area (TPSA) is 66.6 Å². The minimum Gasteiger partial charge on any atom is -0.341 e. The highest BCUT2D eigenvalue weighted by Crippen LogP contribution is 2.32. The summed E-state index contributed by atoms with van der Waals surface area (Å²) in [6.07, 6.45) is 3.02. The molecule has 3 heterocycles. The fourth-order valence-electron chi connectivity index (χ4n) is 4.68. The first-order valence-corrected chi connectivity index (χ1v) is 11.4. The number of para-hydroxylation sites is 1. The summed E-state index contributed by atoms with van der Waals surface area (Å²) in [5, 5.41) is 10.2. The number of aromatic nitrogens is 4. The summed E-state index contributed by atoms with van der Waals surface area (Å²) in [6.45, 7) is 5.23. The van der Waals surface area contributed by atoms with Crippen molar-refractivity contribution >= 4 is 28.4 Å². The molecule has 1 amide bonds. The first-order valence-electron chi connectivity index (χ1n) is 11.4. The Morgan fingerprint density at radius 3 is 2.69 bits per heavy atom. The van der Waals surface area contributed by atoms with Crippen LogP contribution in [0.1, 0.15) is 24.8 Å². The van der Waals surface area contributed by atoms with E-state index in [9.17, 15) is 4.79 Å². The second kappa shape index (κ2) is 7.58. The Balaban J connectivity index is 1.47. The third-order valence-corrected chi connectivity index (χ3v) is 6.52. The number of benzene rings is 2. The normalized spacial score (nSPS) is 17.2. The number of fused-ring (bicyclic) bond motifs is 3. The maximum atomic E-state index is 12.6. The SMILES string of the molecule is Cc1cccc(-c2nnc3c4ccccc4nc(N4CCCN(C(=O)C5CC5)CC4)n23)c1. The highest BCUT2D eigenvalue weighted by atomic mass is 16.2. The van der Waals surface area contributed by atoms with E-state index in [0.717, 1.165) is 79.3 Å². The second-order valence-electron chi connectivity index (χ2n) is 8.92. The van der Waals surface area contributed by atoms with Gasteiger partial charge in [-0.15, -0.1) is 10.2 Å². The average Bonchev–Trinajstić information content (AvgIpc) is 3.60. The van der Waals surface area contributed by atoms with Crippen LogP contribution in [-0.2, 0) is 4.79 Å². The molecule has 7 nitrogen and oxygen atoms in total.